The molecule has 0 aromatic carbocycles. The summed E-state index contributed by atoms with van der Waals surface area (Å²) in [5.41, 5.74) is -0.651. The van der Waals surface area contributed by atoms with E-state index in [1.807, 2.05) is 0 Å². The number of nitrogens with zero attached hydrogens (tertiary/aromatic N) is 1. The Morgan fingerprint density at radius 3 is 2.70 bits per heavy atom. The first-order chi connectivity index (χ1) is 4.63. The number of aryl methyl sites for hydroxylation is 1. The van der Waals surface area contributed by atoms with Crippen molar-refractivity contribution in [2.45, 2.75) is 6.92 Å². The van der Waals surface area contributed by atoms with Gasteiger partial charge in [0.2, 0.25) is 0 Å². The van der Waals surface area contributed by atoms with Gasteiger partial charge in [0.25, 0.3) is 5.56 Å². The Kier molecular flexibility index (Phi) is 1.33. The molecule has 0 spiro atoms. The molecule has 54 valence electrons. The molecule has 1 heterocycles. The summed E-state index contributed by atoms with van der Waals surface area (Å²) in [6.07, 6.45) is 1.33. The van der Waals surface area contributed by atoms with Crippen LogP contribution in [0.1, 0.15) is 5.56 Å². The van der Waals surface area contributed by atoms with E-state index in [0.29, 0.717) is 10.2 Å². The van der Waals surface area contributed by atoms with Crippen molar-refractivity contribution in [2.24, 2.45) is 0 Å². The lowest BCUT2D eigenvalue weighted by molar-refractivity contribution is 0.820. The number of rotatable bonds is 0. The van der Waals surface area contributed by atoms with Gasteiger partial charge in [0, 0.05) is 11.8 Å². The normalized spacial score (nSPS) is 9.70. The van der Waals surface area contributed by atoms with Gasteiger partial charge in [-0.05, 0) is 6.92 Å². The number of H-pyrrole nitrogens is 1. The van der Waals surface area contributed by atoms with Crippen LogP contribution in [0.4, 0.5) is 0 Å². The summed E-state index contributed by atoms with van der Waals surface area (Å²) < 4.78 is 0.537. The molecule has 0 fully saturated rings. The molecule has 0 radical (unpaired) electrons. The molecule has 0 bridgehead atoms. The molecular weight excluding hydrogens is 134 g/mol. The summed E-state index contributed by atoms with van der Waals surface area (Å²) in [4.78, 5) is 23.7. The van der Waals surface area contributed by atoms with Crippen molar-refractivity contribution >= 4 is 0 Å². The van der Waals surface area contributed by atoms with Gasteiger partial charge in [-0.25, -0.2) is 4.79 Å². The Morgan fingerprint density at radius 2 is 2.20 bits per heavy atom. The molecule has 0 aliphatic carbocycles. The van der Waals surface area contributed by atoms with Crippen LogP contribution in [-0.4, -0.2) is 9.66 Å². The zero-order chi connectivity index (χ0) is 7.72. The van der Waals surface area contributed by atoms with Gasteiger partial charge in [0.05, 0.1) is 0 Å². The van der Waals surface area contributed by atoms with Gasteiger partial charge >= 0.3 is 5.69 Å². The highest BCUT2D eigenvalue weighted by molar-refractivity contribution is 5.00. The highest BCUT2D eigenvalue weighted by Gasteiger charge is 1.96. The van der Waals surface area contributed by atoms with E-state index < -0.39 is 11.2 Å². The molecule has 5 heteroatoms. The molecule has 5 nitrogen and oxygen atoms in total. The van der Waals surface area contributed by atoms with Gasteiger partial charge < -0.3 is 10.8 Å². The second kappa shape index (κ2) is 2.02. The fraction of sp³-hybridized carbons (Fsp3) is 0.200. The largest absolute Gasteiger partial charge is 0.347 e. The van der Waals surface area contributed by atoms with E-state index >= 15 is 0 Å². The number of nitrogens with one attached hydrogen (secondary N) is 1. The third kappa shape index (κ3) is 0.812. The van der Waals surface area contributed by atoms with E-state index in [1.54, 1.807) is 6.92 Å². The van der Waals surface area contributed by atoms with E-state index in [-0.39, 0.29) is 0 Å². The zero-order valence-corrected chi connectivity index (χ0v) is 5.42. The van der Waals surface area contributed by atoms with Gasteiger partial charge in [-0.15, -0.1) is 0 Å². The number of hydrogen-bond acceptors (Lipinski definition) is 3. The van der Waals surface area contributed by atoms with Gasteiger partial charge in [0.1, 0.15) is 0 Å². The summed E-state index contributed by atoms with van der Waals surface area (Å²) in [6.45, 7) is 1.57. The number of aromatic nitrogens is 2. The van der Waals surface area contributed by atoms with E-state index in [0.717, 1.165) is 0 Å². The maximum absolute atomic E-state index is 10.8. The molecule has 0 saturated carbocycles. The average molecular weight is 141 g/mol. The lowest BCUT2D eigenvalue weighted by Crippen LogP contribution is -2.41. The van der Waals surface area contributed by atoms with E-state index in [1.165, 1.54) is 6.20 Å². The van der Waals surface area contributed by atoms with Crippen LogP contribution in [-0.2, 0) is 0 Å². The Labute approximate surface area is 56.1 Å². The van der Waals surface area contributed by atoms with Gasteiger partial charge in [0.15, 0.2) is 0 Å². The maximum Gasteiger partial charge on any atom is 0.347 e. The molecule has 3 N–H and O–H groups in total. The molecule has 0 amide bonds. The Balaban J connectivity index is 3.66. The molecule has 0 saturated heterocycles. The Bertz CT molecular complexity index is 349. The zero-order valence-electron chi connectivity index (χ0n) is 5.42. The SMILES string of the molecule is Cc1c[nH]c(=O)n(N)c1=O. The fourth-order valence-corrected chi connectivity index (χ4v) is 0.583. The first kappa shape index (κ1) is 6.60. The van der Waals surface area contributed by atoms with E-state index in [2.05, 4.69) is 4.98 Å². The summed E-state index contributed by atoms with van der Waals surface area (Å²) in [6, 6.07) is 0. The molecule has 0 unspecified atom stereocenters. The molecule has 1 rings (SSSR count). The second-order valence-corrected chi connectivity index (χ2v) is 1.95. The Hall–Kier alpha value is -1.52. The van der Waals surface area contributed by atoms with Crippen molar-refractivity contribution in [2.75, 3.05) is 5.84 Å². The second-order valence-electron chi connectivity index (χ2n) is 1.95. The van der Waals surface area contributed by atoms with Crippen LogP contribution in [0.3, 0.4) is 0 Å². The van der Waals surface area contributed by atoms with Gasteiger partial charge in [-0.1, -0.05) is 0 Å². The monoisotopic (exact) mass is 141 g/mol. The number of nitrogen functional groups attached to an aromatic ring is 1. The van der Waals surface area contributed by atoms with Crippen molar-refractivity contribution < 1.29 is 0 Å². The predicted octanol–water partition coefficient (Wildman–Crippen LogP) is -1.44. The minimum atomic E-state index is -0.601. The lowest BCUT2D eigenvalue weighted by atomic mass is 10.4. The van der Waals surface area contributed by atoms with Crippen molar-refractivity contribution in [3.8, 4) is 0 Å². The first-order valence-corrected chi connectivity index (χ1v) is 2.69. The van der Waals surface area contributed by atoms with Crippen LogP contribution in [0.2, 0.25) is 0 Å². The van der Waals surface area contributed by atoms with Crippen LogP contribution in [0.15, 0.2) is 15.8 Å². The fourth-order valence-electron chi connectivity index (χ4n) is 0.583. The standard InChI is InChI=1S/C5H7N3O2/c1-3-2-7-5(10)8(6)4(3)9/h2H,6H2,1H3,(H,7,10). The van der Waals surface area contributed by atoms with Crippen LogP contribution >= 0.6 is 0 Å². The topological polar surface area (TPSA) is 80.9 Å². The summed E-state index contributed by atoms with van der Waals surface area (Å²) in [5, 5.41) is 0. The number of nitrogens with two attached hydrogens (primary N) is 1. The summed E-state index contributed by atoms with van der Waals surface area (Å²) in [5.74, 6) is 5.04. The highest BCUT2D eigenvalue weighted by Crippen LogP contribution is 1.74. The van der Waals surface area contributed by atoms with Crippen LogP contribution in [0.25, 0.3) is 0 Å². The molecule has 0 atom stereocenters. The predicted molar refractivity (Wildman–Crippen MR) is 36.2 cm³/mol. The molecule has 0 aliphatic heterocycles. The van der Waals surface area contributed by atoms with Gasteiger partial charge in [-0.2, -0.15) is 4.68 Å². The average Bonchev–Trinajstić information content (AvgIpc) is 1.93. The quantitative estimate of drug-likeness (QED) is 0.434. The first-order valence-electron chi connectivity index (χ1n) is 2.69. The number of aromatic amines is 1. The lowest BCUT2D eigenvalue weighted by Gasteiger charge is -1.94. The third-order valence-corrected chi connectivity index (χ3v) is 1.19. The minimum absolute atomic E-state index is 0.419. The Morgan fingerprint density at radius 1 is 1.60 bits per heavy atom. The molecule has 1 aromatic heterocycles. The van der Waals surface area contributed by atoms with E-state index in [9.17, 15) is 9.59 Å². The maximum atomic E-state index is 10.8. The van der Waals surface area contributed by atoms with Crippen molar-refractivity contribution in [1.29, 1.82) is 0 Å². The minimum Gasteiger partial charge on any atom is -0.332 e. The van der Waals surface area contributed by atoms with Crippen molar-refractivity contribution in [1.82, 2.24) is 9.66 Å². The molecule has 1 aromatic rings. The summed E-state index contributed by atoms with van der Waals surface area (Å²) in [7, 11) is 0. The number of hydrogen-bond donors (Lipinski definition) is 2. The summed E-state index contributed by atoms with van der Waals surface area (Å²) >= 11 is 0. The van der Waals surface area contributed by atoms with Crippen LogP contribution < -0.4 is 17.1 Å². The smallest absolute Gasteiger partial charge is 0.332 e. The highest BCUT2D eigenvalue weighted by atomic mass is 16.2. The van der Waals surface area contributed by atoms with Crippen LogP contribution in [0, 0.1) is 6.92 Å². The molecule has 10 heavy (non-hydrogen) atoms. The van der Waals surface area contributed by atoms with Crippen molar-refractivity contribution in [3.05, 3.63) is 32.6 Å². The van der Waals surface area contributed by atoms with E-state index in [4.69, 9.17) is 5.84 Å². The molecule has 0 aliphatic rings. The third-order valence-electron chi connectivity index (χ3n) is 1.19. The van der Waals surface area contributed by atoms with Gasteiger partial charge in [-0.3, -0.25) is 4.79 Å². The molecular formula is C5H7N3O2. The van der Waals surface area contributed by atoms with Crippen molar-refractivity contribution in [3.63, 3.8) is 0 Å². The van der Waals surface area contributed by atoms with Crippen LogP contribution in [0.5, 0.6) is 0 Å².